The molecular formula is C15H15F2NO3. The van der Waals surface area contributed by atoms with Crippen molar-refractivity contribution in [3.05, 3.63) is 53.0 Å². The van der Waals surface area contributed by atoms with Gasteiger partial charge in [0.2, 0.25) is 5.76 Å². The molecule has 0 aliphatic carbocycles. The first-order valence-electron chi connectivity index (χ1n) is 6.32. The average Bonchev–Trinajstić information content (AvgIpc) is 2.77. The number of aryl methyl sites for hydroxylation is 1. The fourth-order valence-corrected chi connectivity index (χ4v) is 1.94. The number of carboxylic acids is 1. The Bertz CT molecular complexity index is 659. The maximum atomic E-state index is 13.2. The summed E-state index contributed by atoms with van der Waals surface area (Å²) >= 11 is 0. The SMILES string of the molecule is Cc1cc(CNc2cccc(C(C)(F)F)c2)oc1C(=O)O. The van der Waals surface area contributed by atoms with Crippen LogP contribution in [0.3, 0.4) is 0 Å². The number of furan rings is 1. The number of halogens is 2. The van der Waals surface area contributed by atoms with Gasteiger partial charge in [0.25, 0.3) is 5.92 Å². The van der Waals surface area contributed by atoms with Gasteiger partial charge in [-0.25, -0.2) is 13.6 Å². The Kier molecular flexibility index (Phi) is 3.97. The summed E-state index contributed by atoms with van der Waals surface area (Å²) in [4.78, 5) is 10.9. The van der Waals surface area contributed by atoms with Crippen LogP contribution in [0.25, 0.3) is 0 Å². The van der Waals surface area contributed by atoms with Gasteiger partial charge in [0, 0.05) is 23.7 Å². The molecule has 0 atom stereocenters. The van der Waals surface area contributed by atoms with Gasteiger partial charge in [0.05, 0.1) is 6.54 Å². The van der Waals surface area contributed by atoms with Gasteiger partial charge in [0.1, 0.15) is 5.76 Å². The van der Waals surface area contributed by atoms with Crippen LogP contribution in [-0.4, -0.2) is 11.1 Å². The van der Waals surface area contributed by atoms with E-state index in [9.17, 15) is 13.6 Å². The van der Waals surface area contributed by atoms with Gasteiger partial charge in [-0.1, -0.05) is 12.1 Å². The van der Waals surface area contributed by atoms with Crippen molar-refractivity contribution >= 4 is 11.7 Å². The molecule has 6 heteroatoms. The van der Waals surface area contributed by atoms with Crippen molar-refractivity contribution < 1.29 is 23.1 Å². The lowest BCUT2D eigenvalue weighted by atomic mass is 10.1. The first-order chi connectivity index (χ1) is 9.77. The topological polar surface area (TPSA) is 62.5 Å². The number of anilines is 1. The Morgan fingerprint density at radius 2 is 2.10 bits per heavy atom. The quantitative estimate of drug-likeness (QED) is 0.875. The molecule has 112 valence electrons. The van der Waals surface area contributed by atoms with Gasteiger partial charge in [0.15, 0.2) is 0 Å². The van der Waals surface area contributed by atoms with E-state index < -0.39 is 11.9 Å². The standard InChI is InChI=1S/C15H15F2NO3/c1-9-6-12(21-13(9)14(19)20)8-18-11-5-3-4-10(7-11)15(2,16)17/h3-7,18H,8H2,1-2H3,(H,19,20). The van der Waals surface area contributed by atoms with Crippen LogP contribution in [0.2, 0.25) is 0 Å². The first kappa shape index (κ1) is 15.0. The van der Waals surface area contributed by atoms with E-state index >= 15 is 0 Å². The summed E-state index contributed by atoms with van der Waals surface area (Å²) in [5.74, 6) is -3.72. The first-order valence-corrected chi connectivity index (χ1v) is 6.32. The number of carboxylic acid groups (broad SMARTS) is 1. The third-order valence-electron chi connectivity index (χ3n) is 3.00. The molecule has 0 unspecified atom stereocenters. The molecule has 2 N–H and O–H groups in total. The van der Waals surface area contributed by atoms with E-state index in [-0.39, 0.29) is 17.9 Å². The summed E-state index contributed by atoms with van der Waals surface area (Å²) in [6, 6.07) is 7.50. The molecule has 0 saturated heterocycles. The van der Waals surface area contributed by atoms with E-state index in [1.807, 2.05) is 0 Å². The minimum absolute atomic E-state index is 0.0886. The molecule has 0 saturated carbocycles. The van der Waals surface area contributed by atoms with Crippen molar-refractivity contribution in [2.24, 2.45) is 0 Å². The predicted molar refractivity (Wildman–Crippen MR) is 73.7 cm³/mol. The monoisotopic (exact) mass is 295 g/mol. The second-order valence-corrected chi connectivity index (χ2v) is 4.85. The summed E-state index contributed by atoms with van der Waals surface area (Å²) in [5, 5.41) is 11.8. The summed E-state index contributed by atoms with van der Waals surface area (Å²) in [7, 11) is 0. The van der Waals surface area contributed by atoms with Crippen molar-refractivity contribution in [2.75, 3.05) is 5.32 Å². The van der Waals surface area contributed by atoms with Crippen LogP contribution in [0.1, 0.15) is 34.4 Å². The predicted octanol–water partition coefficient (Wildman–Crippen LogP) is 4.01. The molecule has 1 aromatic carbocycles. The Hall–Kier alpha value is -2.37. The number of benzene rings is 1. The Labute approximate surface area is 120 Å². The van der Waals surface area contributed by atoms with Crippen molar-refractivity contribution in [1.29, 1.82) is 0 Å². The van der Waals surface area contributed by atoms with Crippen molar-refractivity contribution in [1.82, 2.24) is 0 Å². The van der Waals surface area contributed by atoms with Gasteiger partial charge >= 0.3 is 5.97 Å². The van der Waals surface area contributed by atoms with Crippen LogP contribution in [0.15, 0.2) is 34.7 Å². The number of aromatic carboxylic acids is 1. The lowest BCUT2D eigenvalue weighted by Crippen LogP contribution is -2.07. The fourth-order valence-electron chi connectivity index (χ4n) is 1.94. The third kappa shape index (κ3) is 3.59. The maximum Gasteiger partial charge on any atom is 0.372 e. The molecule has 1 heterocycles. The molecule has 0 fully saturated rings. The molecule has 2 rings (SSSR count). The fraction of sp³-hybridized carbons (Fsp3) is 0.267. The molecule has 2 aromatic rings. The van der Waals surface area contributed by atoms with Crippen LogP contribution in [0.4, 0.5) is 14.5 Å². The summed E-state index contributed by atoms with van der Waals surface area (Å²) in [6.45, 7) is 2.68. The summed E-state index contributed by atoms with van der Waals surface area (Å²) < 4.78 is 31.6. The number of rotatable bonds is 5. The molecule has 0 radical (unpaired) electrons. The molecule has 0 aliphatic rings. The molecule has 4 nitrogen and oxygen atoms in total. The highest BCUT2D eigenvalue weighted by Crippen LogP contribution is 2.28. The van der Waals surface area contributed by atoms with E-state index in [1.165, 1.54) is 18.2 Å². The number of alkyl halides is 2. The zero-order valence-electron chi connectivity index (χ0n) is 11.6. The van der Waals surface area contributed by atoms with Gasteiger partial charge < -0.3 is 14.8 Å². The smallest absolute Gasteiger partial charge is 0.372 e. The van der Waals surface area contributed by atoms with E-state index in [4.69, 9.17) is 9.52 Å². The minimum atomic E-state index is -2.91. The number of hydrogen-bond acceptors (Lipinski definition) is 3. The number of nitrogens with one attached hydrogen (secondary N) is 1. The van der Waals surface area contributed by atoms with Gasteiger partial charge in [-0.3, -0.25) is 0 Å². The largest absolute Gasteiger partial charge is 0.475 e. The highest BCUT2D eigenvalue weighted by Gasteiger charge is 2.24. The molecular weight excluding hydrogens is 280 g/mol. The second kappa shape index (κ2) is 5.55. The van der Waals surface area contributed by atoms with Gasteiger partial charge in [-0.2, -0.15) is 0 Å². The highest BCUT2D eigenvalue weighted by molar-refractivity contribution is 5.86. The molecule has 0 bridgehead atoms. The van der Waals surface area contributed by atoms with Crippen molar-refractivity contribution in [2.45, 2.75) is 26.3 Å². The Morgan fingerprint density at radius 3 is 2.67 bits per heavy atom. The number of carbonyl (C=O) groups is 1. The summed E-state index contributed by atoms with van der Waals surface area (Å²) in [5.41, 5.74) is 0.947. The molecule has 1 aromatic heterocycles. The van der Waals surface area contributed by atoms with Crippen LogP contribution < -0.4 is 5.32 Å². The van der Waals surface area contributed by atoms with Crippen LogP contribution in [0, 0.1) is 6.92 Å². The lowest BCUT2D eigenvalue weighted by Gasteiger charge is -2.12. The van der Waals surface area contributed by atoms with Crippen LogP contribution in [0.5, 0.6) is 0 Å². The van der Waals surface area contributed by atoms with Crippen molar-refractivity contribution in [3.63, 3.8) is 0 Å². The molecule has 0 spiro atoms. The van der Waals surface area contributed by atoms with E-state index in [1.54, 1.807) is 19.1 Å². The molecule has 0 aliphatic heterocycles. The van der Waals surface area contributed by atoms with E-state index in [2.05, 4.69) is 5.32 Å². The maximum absolute atomic E-state index is 13.2. The normalized spacial score (nSPS) is 11.4. The number of hydrogen-bond donors (Lipinski definition) is 2. The Balaban J connectivity index is 2.10. The van der Waals surface area contributed by atoms with Crippen molar-refractivity contribution in [3.8, 4) is 0 Å². The van der Waals surface area contributed by atoms with Crippen LogP contribution >= 0.6 is 0 Å². The van der Waals surface area contributed by atoms with E-state index in [0.29, 0.717) is 17.0 Å². The van der Waals surface area contributed by atoms with Gasteiger partial charge in [-0.05, 0) is 25.1 Å². The Morgan fingerprint density at radius 1 is 1.38 bits per heavy atom. The van der Waals surface area contributed by atoms with Gasteiger partial charge in [-0.15, -0.1) is 0 Å². The second-order valence-electron chi connectivity index (χ2n) is 4.85. The molecule has 21 heavy (non-hydrogen) atoms. The lowest BCUT2D eigenvalue weighted by molar-refractivity contribution is 0.0175. The zero-order valence-corrected chi connectivity index (χ0v) is 11.6. The summed E-state index contributed by atoms with van der Waals surface area (Å²) in [6.07, 6.45) is 0. The third-order valence-corrected chi connectivity index (χ3v) is 3.00. The van der Waals surface area contributed by atoms with Crippen LogP contribution in [-0.2, 0) is 12.5 Å². The van der Waals surface area contributed by atoms with E-state index in [0.717, 1.165) is 6.92 Å². The highest BCUT2D eigenvalue weighted by atomic mass is 19.3. The minimum Gasteiger partial charge on any atom is -0.475 e. The molecule has 0 amide bonds. The zero-order chi connectivity index (χ0) is 15.6. The average molecular weight is 295 g/mol.